The minimum absolute atomic E-state index is 0.00111. The van der Waals surface area contributed by atoms with Crippen LogP contribution in [0, 0.1) is 5.82 Å². The zero-order valence-electron chi connectivity index (χ0n) is 15.2. The minimum atomic E-state index is -0.618. The quantitative estimate of drug-likeness (QED) is 0.525. The van der Waals surface area contributed by atoms with Crippen LogP contribution in [-0.2, 0) is 9.59 Å². The maximum atomic E-state index is 14.4. The fourth-order valence-corrected chi connectivity index (χ4v) is 3.60. The zero-order chi connectivity index (χ0) is 20.7. The topological polar surface area (TPSA) is 107 Å². The van der Waals surface area contributed by atoms with E-state index in [0.717, 1.165) is 0 Å². The highest BCUT2D eigenvalue weighted by Crippen LogP contribution is 2.37. The first-order valence-corrected chi connectivity index (χ1v) is 9.14. The molecule has 1 aliphatic rings. The van der Waals surface area contributed by atoms with Gasteiger partial charge >= 0.3 is 0 Å². The zero-order valence-corrected chi connectivity index (χ0v) is 16.0. The van der Waals surface area contributed by atoms with Crippen LogP contribution >= 0.6 is 11.6 Å². The summed E-state index contributed by atoms with van der Waals surface area (Å²) in [6.45, 7) is 1.60. The predicted octanol–water partition coefficient (Wildman–Crippen LogP) is 3.58. The molecule has 148 valence electrons. The van der Waals surface area contributed by atoms with Gasteiger partial charge in [0.25, 0.3) is 5.91 Å². The summed E-state index contributed by atoms with van der Waals surface area (Å²) in [6, 6.07) is 7.29. The number of fused-ring (bicyclic) bond motifs is 1. The molecule has 0 spiro atoms. The van der Waals surface area contributed by atoms with E-state index in [-0.39, 0.29) is 34.4 Å². The molecule has 2 heterocycles. The van der Waals surface area contributed by atoms with Crippen LogP contribution in [0.3, 0.4) is 0 Å². The van der Waals surface area contributed by atoms with Gasteiger partial charge in [0.2, 0.25) is 5.91 Å². The number of rotatable bonds is 3. The number of carbonyl (C=O) groups excluding carboxylic acids is 2. The Morgan fingerprint density at radius 1 is 1.34 bits per heavy atom. The molecule has 2 amide bonds. The van der Waals surface area contributed by atoms with E-state index < -0.39 is 17.6 Å². The molecule has 4 rings (SSSR count). The van der Waals surface area contributed by atoms with Gasteiger partial charge < -0.3 is 15.7 Å². The number of allylic oxidation sites excluding steroid dienone is 1. The van der Waals surface area contributed by atoms with Crippen LogP contribution in [0.4, 0.5) is 10.1 Å². The van der Waals surface area contributed by atoms with E-state index in [4.69, 9.17) is 11.6 Å². The van der Waals surface area contributed by atoms with Gasteiger partial charge in [0.1, 0.15) is 11.6 Å². The van der Waals surface area contributed by atoms with Crippen LogP contribution in [-0.4, -0.2) is 27.1 Å². The van der Waals surface area contributed by atoms with Crippen molar-refractivity contribution < 1.29 is 19.1 Å². The van der Waals surface area contributed by atoms with Crippen LogP contribution in [0.2, 0.25) is 5.02 Å². The molecular weight excluding hydrogens is 399 g/mol. The highest BCUT2D eigenvalue weighted by atomic mass is 35.5. The normalized spacial score (nSPS) is 16.8. The van der Waals surface area contributed by atoms with E-state index >= 15 is 0 Å². The maximum Gasteiger partial charge on any atom is 0.254 e. The fourth-order valence-electron chi connectivity index (χ4n) is 3.49. The Kier molecular flexibility index (Phi) is 4.71. The number of aromatic amines is 1. The standard InChI is InChI=1S/C20H16ClFN4O3/c1-9-19(12(6-18(28)24-9)10-2-3-13(21)17(27)5-10)20(29)25-16-4-11-8-23-26-15(11)7-14(16)22/h2-5,7-8,12,27H,6H2,1H3,(H,23,26)(H,24,28)(H,25,29). The Bertz CT molecular complexity index is 1190. The van der Waals surface area contributed by atoms with Crippen molar-refractivity contribution in [2.75, 3.05) is 5.32 Å². The molecule has 1 aromatic heterocycles. The molecular formula is C20H16ClFN4O3. The number of anilines is 1. The number of hydrogen-bond acceptors (Lipinski definition) is 4. The van der Waals surface area contributed by atoms with Crippen molar-refractivity contribution in [1.29, 1.82) is 0 Å². The van der Waals surface area contributed by atoms with Crippen molar-refractivity contribution in [3.63, 3.8) is 0 Å². The second-order valence-corrected chi connectivity index (χ2v) is 7.21. The number of halogens is 2. The van der Waals surface area contributed by atoms with Crippen LogP contribution < -0.4 is 10.6 Å². The summed E-state index contributed by atoms with van der Waals surface area (Å²) < 4.78 is 14.4. The average Bonchev–Trinajstić information content (AvgIpc) is 3.10. The molecule has 1 aliphatic heterocycles. The summed E-state index contributed by atoms with van der Waals surface area (Å²) in [5, 5.41) is 22.5. The summed E-state index contributed by atoms with van der Waals surface area (Å²) in [7, 11) is 0. The maximum absolute atomic E-state index is 14.4. The number of phenols is 1. The summed E-state index contributed by atoms with van der Waals surface area (Å²) in [6.07, 6.45) is 1.53. The fraction of sp³-hybridized carbons (Fsp3) is 0.150. The summed E-state index contributed by atoms with van der Waals surface area (Å²) in [5.41, 5.74) is 1.70. The van der Waals surface area contributed by atoms with Crippen LogP contribution in [0.1, 0.15) is 24.8 Å². The number of aromatic nitrogens is 2. The number of phenolic OH excluding ortho intramolecular Hbond substituents is 1. The Hall–Kier alpha value is -3.39. The lowest BCUT2D eigenvalue weighted by atomic mass is 9.84. The first kappa shape index (κ1) is 18.9. The van der Waals surface area contributed by atoms with Gasteiger partial charge in [0.15, 0.2) is 0 Å². The molecule has 0 bridgehead atoms. The van der Waals surface area contributed by atoms with E-state index in [1.807, 2.05) is 0 Å². The van der Waals surface area contributed by atoms with Crippen molar-refractivity contribution >= 4 is 40.0 Å². The van der Waals surface area contributed by atoms with E-state index in [2.05, 4.69) is 20.8 Å². The first-order chi connectivity index (χ1) is 13.8. The highest BCUT2D eigenvalue weighted by molar-refractivity contribution is 6.32. The molecule has 0 saturated carbocycles. The SMILES string of the molecule is CC1=C(C(=O)Nc2cc3cn[nH]c3cc2F)C(c2ccc(Cl)c(O)c2)CC(=O)N1. The largest absolute Gasteiger partial charge is 0.506 e. The summed E-state index contributed by atoms with van der Waals surface area (Å²) in [4.78, 5) is 25.1. The smallest absolute Gasteiger partial charge is 0.254 e. The van der Waals surface area contributed by atoms with Gasteiger partial charge in [0, 0.05) is 35.1 Å². The number of nitrogens with one attached hydrogen (secondary N) is 3. The number of H-pyrrole nitrogens is 1. The summed E-state index contributed by atoms with van der Waals surface area (Å²) in [5.74, 6) is -2.20. The highest BCUT2D eigenvalue weighted by Gasteiger charge is 2.32. The van der Waals surface area contributed by atoms with E-state index in [0.29, 0.717) is 22.2 Å². The molecule has 29 heavy (non-hydrogen) atoms. The number of amides is 2. The Morgan fingerprint density at radius 2 is 2.14 bits per heavy atom. The molecule has 0 fully saturated rings. The Balaban J connectivity index is 1.71. The Labute approximate surface area is 169 Å². The number of nitrogens with zero attached hydrogens (tertiary/aromatic N) is 1. The number of benzene rings is 2. The first-order valence-electron chi connectivity index (χ1n) is 8.76. The second-order valence-electron chi connectivity index (χ2n) is 6.80. The van der Waals surface area contributed by atoms with Gasteiger partial charge in [-0.2, -0.15) is 5.10 Å². The molecule has 3 aromatic rings. The van der Waals surface area contributed by atoms with Crippen molar-refractivity contribution in [3.8, 4) is 5.75 Å². The number of hydrogen-bond donors (Lipinski definition) is 4. The van der Waals surface area contributed by atoms with E-state index in [1.54, 1.807) is 13.0 Å². The lowest BCUT2D eigenvalue weighted by molar-refractivity contribution is -0.121. The van der Waals surface area contributed by atoms with Crippen LogP contribution in [0.25, 0.3) is 10.9 Å². The van der Waals surface area contributed by atoms with E-state index in [1.165, 1.54) is 30.5 Å². The van der Waals surface area contributed by atoms with Crippen molar-refractivity contribution in [3.05, 3.63) is 64.2 Å². The van der Waals surface area contributed by atoms with Gasteiger partial charge in [-0.1, -0.05) is 17.7 Å². The predicted molar refractivity (Wildman–Crippen MR) is 106 cm³/mol. The average molecular weight is 415 g/mol. The van der Waals surface area contributed by atoms with Gasteiger partial charge in [-0.05, 0) is 30.7 Å². The van der Waals surface area contributed by atoms with Crippen molar-refractivity contribution in [2.24, 2.45) is 0 Å². The molecule has 0 radical (unpaired) electrons. The van der Waals surface area contributed by atoms with Gasteiger partial charge in [-0.3, -0.25) is 14.7 Å². The molecule has 0 saturated heterocycles. The van der Waals surface area contributed by atoms with Crippen molar-refractivity contribution in [2.45, 2.75) is 19.3 Å². The molecule has 4 N–H and O–H groups in total. The molecule has 1 unspecified atom stereocenters. The Morgan fingerprint density at radius 3 is 2.90 bits per heavy atom. The molecule has 0 aliphatic carbocycles. The molecule has 2 aromatic carbocycles. The lowest BCUT2D eigenvalue weighted by Gasteiger charge is -2.27. The number of aromatic hydroxyl groups is 1. The third-order valence-corrected chi connectivity index (χ3v) is 5.18. The molecule has 7 nitrogen and oxygen atoms in total. The lowest BCUT2D eigenvalue weighted by Crippen LogP contribution is -2.35. The van der Waals surface area contributed by atoms with Gasteiger partial charge in [0.05, 0.1) is 22.4 Å². The number of carbonyl (C=O) groups is 2. The third kappa shape index (κ3) is 3.54. The molecule has 1 atom stereocenters. The minimum Gasteiger partial charge on any atom is -0.506 e. The monoisotopic (exact) mass is 414 g/mol. The second kappa shape index (κ2) is 7.21. The third-order valence-electron chi connectivity index (χ3n) is 4.86. The molecule has 9 heteroatoms. The van der Waals surface area contributed by atoms with Crippen molar-refractivity contribution in [1.82, 2.24) is 15.5 Å². The van der Waals surface area contributed by atoms with E-state index in [9.17, 15) is 19.1 Å². The van der Waals surface area contributed by atoms with Gasteiger partial charge in [-0.15, -0.1) is 0 Å². The summed E-state index contributed by atoms with van der Waals surface area (Å²) >= 11 is 5.87. The van der Waals surface area contributed by atoms with Crippen LogP contribution in [0.5, 0.6) is 5.75 Å². The van der Waals surface area contributed by atoms with Crippen LogP contribution in [0.15, 0.2) is 47.8 Å². The van der Waals surface area contributed by atoms with Gasteiger partial charge in [-0.25, -0.2) is 4.39 Å².